The van der Waals surface area contributed by atoms with Gasteiger partial charge in [-0.3, -0.25) is 4.79 Å². The SMILES string of the molecule is CC#CCNC(=O)c1c(C)[nH]c(C(=O)O)c1C. The van der Waals surface area contributed by atoms with Crippen LogP contribution in [-0.4, -0.2) is 28.5 Å². The molecule has 1 aromatic rings. The Morgan fingerprint density at radius 1 is 1.41 bits per heavy atom. The van der Waals surface area contributed by atoms with Crippen LogP contribution in [0, 0.1) is 25.7 Å². The molecule has 0 atom stereocenters. The third-order valence-corrected chi connectivity index (χ3v) is 2.39. The van der Waals surface area contributed by atoms with E-state index in [9.17, 15) is 9.59 Å². The van der Waals surface area contributed by atoms with Crippen molar-refractivity contribution in [1.82, 2.24) is 10.3 Å². The van der Waals surface area contributed by atoms with Gasteiger partial charge in [-0.05, 0) is 26.3 Å². The van der Waals surface area contributed by atoms with E-state index in [1.807, 2.05) is 0 Å². The van der Waals surface area contributed by atoms with E-state index in [0.29, 0.717) is 16.8 Å². The molecule has 0 aliphatic heterocycles. The molecular weight excluding hydrogens is 220 g/mol. The highest BCUT2D eigenvalue weighted by Crippen LogP contribution is 2.17. The van der Waals surface area contributed by atoms with Gasteiger partial charge in [-0.25, -0.2) is 4.79 Å². The Balaban J connectivity index is 3.00. The molecule has 3 N–H and O–H groups in total. The first kappa shape index (κ1) is 12.8. The second-order valence-electron chi connectivity index (χ2n) is 3.54. The monoisotopic (exact) mass is 234 g/mol. The molecule has 1 aromatic heterocycles. The quantitative estimate of drug-likeness (QED) is 0.684. The summed E-state index contributed by atoms with van der Waals surface area (Å²) < 4.78 is 0. The number of hydrogen-bond acceptors (Lipinski definition) is 2. The maximum atomic E-state index is 11.8. The van der Waals surface area contributed by atoms with Crippen LogP contribution in [0.4, 0.5) is 0 Å². The van der Waals surface area contributed by atoms with Crippen molar-refractivity contribution in [2.75, 3.05) is 6.54 Å². The van der Waals surface area contributed by atoms with Gasteiger partial charge in [0.2, 0.25) is 0 Å². The number of aromatic nitrogens is 1. The summed E-state index contributed by atoms with van der Waals surface area (Å²) in [6.07, 6.45) is 0. The molecule has 0 aromatic carbocycles. The Morgan fingerprint density at radius 2 is 2.06 bits per heavy atom. The van der Waals surface area contributed by atoms with Crippen LogP contribution < -0.4 is 5.32 Å². The summed E-state index contributed by atoms with van der Waals surface area (Å²) in [6.45, 7) is 5.20. The number of H-pyrrole nitrogens is 1. The summed E-state index contributed by atoms with van der Waals surface area (Å²) in [5.41, 5.74) is 1.41. The Bertz CT molecular complexity index is 518. The molecule has 0 saturated heterocycles. The van der Waals surface area contributed by atoms with Crippen molar-refractivity contribution in [3.63, 3.8) is 0 Å². The highest BCUT2D eigenvalue weighted by atomic mass is 16.4. The lowest BCUT2D eigenvalue weighted by atomic mass is 10.1. The standard InChI is InChI=1S/C12H14N2O3/c1-4-5-6-13-11(15)9-7(2)10(12(16)17)14-8(9)3/h14H,6H2,1-3H3,(H,13,15)(H,16,17). The van der Waals surface area contributed by atoms with Crippen LogP contribution >= 0.6 is 0 Å². The second kappa shape index (κ2) is 5.21. The Labute approximate surface area is 99.2 Å². The van der Waals surface area contributed by atoms with E-state index in [-0.39, 0.29) is 18.1 Å². The summed E-state index contributed by atoms with van der Waals surface area (Å²) in [6, 6.07) is 0. The zero-order valence-corrected chi connectivity index (χ0v) is 9.97. The Kier molecular flexibility index (Phi) is 3.94. The van der Waals surface area contributed by atoms with Gasteiger partial charge in [0.25, 0.3) is 5.91 Å². The van der Waals surface area contributed by atoms with Crippen LogP contribution in [0.2, 0.25) is 0 Å². The number of nitrogens with one attached hydrogen (secondary N) is 2. The molecule has 5 heteroatoms. The van der Waals surface area contributed by atoms with Crippen molar-refractivity contribution >= 4 is 11.9 Å². The molecule has 1 rings (SSSR count). The zero-order valence-electron chi connectivity index (χ0n) is 9.97. The highest BCUT2D eigenvalue weighted by Gasteiger charge is 2.20. The number of aromatic carboxylic acids is 1. The van der Waals surface area contributed by atoms with E-state index < -0.39 is 5.97 Å². The zero-order chi connectivity index (χ0) is 13.0. The fourth-order valence-corrected chi connectivity index (χ4v) is 1.61. The van der Waals surface area contributed by atoms with Gasteiger partial charge in [0.15, 0.2) is 0 Å². The maximum absolute atomic E-state index is 11.8. The van der Waals surface area contributed by atoms with Crippen molar-refractivity contribution in [3.05, 3.63) is 22.5 Å². The lowest BCUT2D eigenvalue weighted by Crippen LogP contribution is -2.24. The molecule has 0 unspecified atom stereocenters. The first-order valence-corrected chi connectivity index (χ1v) is 5.09. The number of carbonyl (C=O) groups excluding carboxylic acids is 1. The van der Waals surface area contributed by atoms with Gasteiger partial charge in [-0.2, -0.15) is 0 Å². The summed E-state index contributed by atoms with van der Waals surface area (Å²) in [4.78, 5) is 25.4. The Hall–Kier alpha value is -2.22. The fraction of sp³-hybridized carbons (Fsp3) is 0.333. The number of carbonyl (C=O) groups is 2. The van der Waals surface area contributed by atoms with Gasteiger partial charge in [0, 0.05) is 5.69 Å². The smallest absolute Gasteiger partial charge is 0.352 e. The van der Waals surface area contributed by atoms with Crippen LogP contribution in [-0.2, 0) is 0 Å². The molecule has 0 bridgehead atoms. The predicted molar refractivity (Wildman–Crippen MR) is 63.0 cm³/mol. The van der Waals surface area contributed by atoms with Gasteiger partial charge >= 0.3 is 5.97 Å². The third-order valence-electron chi connectivity index (χ3n) is 2.39. The number of aryl methyl sites for hydroxylation is 1. The average molecular weight is 234 g/mol. The average Bonchev–Trinajstić information content (AvgIpc) is 2.54. The molecule has 0 radical (unpaired) electrons. The normalized spacial score (nSPS) is 9.35. The van der Waals surface area contributed by atoms with E-state index >= 15 is 0 Å². The van der Waals surface area contributed by atoms with Gasteiger partial charge in [0.1, 0.15) is 5.69 Å². The molecule has 5 nitrogen and oxygen atoms in total. The van der Waals surface area contributed by atoms with E-state index in [2.05, 4.69) is 22.1 Å². The first-order valence-electron chi connectivity index (χ1n) is 5.09. The Morgan fingerprint density at radius 3 is 2.53 bits per heavy atom. The molecule has 90 valence electrons. The highest BCUT2D eigenvalue weighted by molar-refractivity contribution is 6.00. The van der Waals surface area contributed by atoms with Gasteiger partial charge in [-0.15, -0.1) is 5.92 Å². The van der Waals surface area contributed by atoms with Gasteiger partial charge in [-0.1, -0.05) is 5.92 Å². The number of rotatable bonds is 3. The number of carboxylic acids is 1. The second-order valence-corrected chi connectivity index (χ2v) is 3.54. The number of carboxylic acid groups (broad SMARTS) is 1. The molecule has 1 amide bonds. The number of amides is 1. The van der Waals surface area contributed by atoms with Crippen LogP contribution in [0.25, 0.3) is 0 Å². The van der Waals surface area contributed by atoms with Crippen molar-refractivity contribution < 1.29 is 14.7 Å². The maximum Gasteiger partial charge on any atom is 0.352 e. The first-order chi connectivity index (χ1) is 7.99. The predicted octanol–water partition coefficient (Wildman–Crippen LogP) is 1.08. The lowest BCUT2D eigenvalue weighted by Gasteiger charge is -2.02. The van der Waals surface area contributed by atoms with Crippen LogP contribution in [0.3, 0.4) is 0 Å². The van der Waals surface area contributed by atoms with Crippen LogP contribution in [0.15, 0.2) is 0 Å². The van der Waals surface area contributed by atoms with Crippen LogP contribution in [0.5, 0.6) is 0 Å². The van der Waals surface area contributed by atoms with Gasteiger partial charge < -0.3 is 15.4 Å². The minimum atomic E-state index is -1.07. The number of hydrogen-bond donors (Lipinski definition) is 3. The fourth-order valence-electron chi connectivity index (χ4n) is 1.61. The molecule has 0 spiro atoms. The molecule has 0 saturated carbocycles. The molecule has 1 heterocycles. The van der Waals surface area contributed by atoms with E-state index in [1.165, 1.54) is 0 Å². The van der Waals surface area contributed by atoms with Crippen LogP contribution in [0.1, 0.15) is 39.0 Å². The largest absolute Gasteiger partial charge is 0.477 e. The van der Waals surface area contributed by atoms with Crippen molar-refractivity contribution in [1.29, 1.82) is 0 Å². The number of aromatic amines is 1. The van der Waals surface area contributed by atoms with Crippen molar-refractivity contribution in [3.8, 4) is 11.8 Å². The van der Waals surface area contributed by atoms with E-state index in [4.69, 9.17) is 5.11 Å². The van der Waals surface area contributed by atoms with Gasteiger partial charge in [0.05, 0.1) is 12.1 Å². The lowest BCUT2D eigenvalue weighted by molar-refractivity contribution is 0.0690. The van der Waals surface area contributed by atoms with Crippen molar-refractivity contribution in [2.45, 2.75) is 20.8 Å². The third kappa shape index (κ3) is 2.67. The minimum absolute atomic E-state index is 0.0502. The minimum Gasteiger partial charge on any atom is -0.477 e. The molecule has 0 fully saturated rings. The summed E-state index contributed by atoms with van der Waals surface area (Å²) >= 11 is 0. The summed E-state index contributed by atoms with van der Waals surface area (Å²) in [5, 5.41) is 11.5. The molecule has 0 aliphatic carbocycles. The summed E-state index contributed by atoms with van der Waals surface area (Å²) in [7, 11) is 0. The summed E-state index contributed by atoms with van der Waals surface area (Å²) in [5.74, 6) is 3.98. The van der Waals surface area contributed by atoms with Crippen molar-refractivity contribution in [2.24, 2.45) is 0 Å². The molecule has 0 aliphatic rings. The topological polar surface area (TPSA) is 82.2 Å². The molecular formula is C12H14N2O3. The van der Waals surface area contributed by atoms with E-state index in [0.717, 1.165) is 0 Å². The van der Waals surface area contributed by atoms with E-state index in [1.54, 1.807) is 20.8 Å². The molecule has 17 heavy (non-hydrogen) atoms.